The summed E-state index contributed by atoms with van der Waals surface area (Å²) in [6.45, 7) is 5.26. The molecule has 1 heterocycles. The molecule has 0 radical (unpaired) electrons. The van der Waals surface area contributed by atoms with Crippen molar-refractivity contribution in [3.05, 3.63) is 0 Å². The van der Waals surface area contributed by atoms with Crippen molar-refractivity contribution in [2.45, 2.75) is 0 Å². The van der Waals surface area contributed by atoms with Crippen LogP contribution in [0, 0.1) is 34.0 Å². The largest absolute Gasteiger partial charge is 0.329 e. The first-order chi connectivity index (χ1) is 11.7. The monoisotopic (exact) mass is 332 g/mol. The van der Waals surface area contributed by atoms with Crippen LogP contribution in [0.5, 0.6) is 0 Å². The van der Waals surface area contributed by atoms with Crippen molar-refractivity contribution in [2.75, 3.05) is 72.0 Å². The maximum Gasteiger partial charge on any atom is 0.320 e. The van der Waals surface area contributed by atoms with Gasteiger partial charge in [-0.1, -0.05) is 0 Å². The number of carbonyl (C=O) groups is 1. The van der Waals surface area contributed by atoms with Gasteiger partial charge in [0, 0.05) is 52.4 Å². The Labute approximate surface area is 143 Å². The molecule has 130 valence electrons. The van der Waals surface area contributed by atoms with Crippen molar-refractivity contribution >= 4 is 6.03 Å². The molecule has 1 fully saturated rings. The smallest absolute Gasteiger partial charge is 0.320 e. The lowest BCUT2D eigenvalue weighted by atomic mass is 10.4. The summed E-state index contributed by atoms with van der Waals surface area (Å²) in [5.41, 5.74) is 5.49. The Kier molecular flexibility index (Phi) is 9.18. The van der Waals surface area contributed by atoms with Gasteiger partial charge >= 0.3 is 6.03 Å². The van der Waals surface area contributed by atoms with Crippen LogP contribution in [-0.4, -0.2) is 97.6 Å². The molecule has 0 aromatic rings. The molecule has 0 saturated carbocycles. The third kappa shape index (κ3) is 6.39. The zero-order valence-electron chi connectivity index (χ0n) is 13.9. The fourth-order valence-electron chi connectivity index (χ4n) is 2.53. The summed E-state index contributed by atoms with van der Waals surface area (Å²) in [5.74, 6) is 0. The molecule has 2 amide bonds. The number of nitrogens with two attached hydrogens (primary N) is 1. The SMILES string of the molecule is N#CCN(CC#N)CCN(CC#N)CCN1CCN(CCN)C1=O. The van der Waals surface area contributed by atoms with E-state index in [-0.39, 0.29) is 25.7 Å². The Morgan fingerprint density at radius 3 is 1.92 bits per heavy atom. The molecule has 0 unspecified atom stereocenters. The Morgan fingerprint density at radius 2 is 1.38 bits per heavy atom. The van der Waals surface area contributed by atoms with Crippen molar-refractivity contribution in [3.8, 4) is 18.2 Å². The summed E-state index contributed by atoms with van der Waals surface area (Å²) in [5, 5.41) is 26.5. The average Bonchev–Trinajstić information content (AvgIpc) is 2.91. The molecule has 0 aliphatic carbocycles. The first kappa shape index (κ1) is 19.7. The van der Waals surface area contributed by atoms with Gasteiger partial charge < -0.3 is 15.5 Å². The summed E-state index contributed by atoms with van der Waals surface area (Å²) in [7, 11) is 0. The molecule has 24 heavy (non-hydrogen) atoms. The summed E-state index contributed by atoms with van der Waals surface area (Å²) in [4.78, 5) is 19.3. The van der Waals surface area contributed by atoms with Crippen LogP contribution in [-0.2, 0) is 0 Å². The third-order valence-electron chi connectivity index (χ3n) is 3.88. The Morgan fingerprint density at radius 1 is 0.875 bits per heavy atom. The Balaban J connectivity index is 2.43. The first-order valence-corrected chi connectivity index (χ1v) is 7.95. The second kappa shape index (κ2) is 11.2. The van der Waals surface area contributed by atoms with Crippen LogP contribution < -0.4 is 5.73 Å². The van der Waals surface area contributed by atoms with E-state index in [1.807, 2.05) is 17.0 Å². The van der Waals surface area contributed by atoms with Gasteiger partial charge in [0.05, 0.1) is 37.8 Å². The minimum Gasteiger partial charge on any atom is -0.329 e. The van der Waals surface area contributed by atoms with Crippen LogP contribution in [0.2, 0.25) is 0 Å². The predicted molar refractivity (Wildman–Crippen MR) is 87.3 cm³/mol. The van der Waals surface area contributed by atoms with Crippen molar-refractivity contribution in [2.24, 2.45) is 5.73 Å². The van der Waals surface area contributed by atoms with E-state index in [1.54, 1.807) is 14.7 Å². The molecule has 1 aliphatic heterocycles. The summed E-state index contributed by atoms with van der Waals surface area (Å²) in [6.07, 6.45) is 0. The highest BCUT2D eigenvalue weighted by Crippen LogP contribution is 2.07. The van der Waals surface area contributed by atoms with E-state index in [1.165, 1.54) is 0 Å². The number of rotatable bonds is 11. The molecule has 0 bridgehead atoms. The lowest BCUT2D eigenvalue weighted by Gasteiger charge is -2.25. The highest BCUT2D eigenvalue weighted by molar-refractivity contribution is 5.76. The van der Waals surface area contributed by atoms with Gasteiger partial charge in [-0.3, -0.25) is 9.80 Å². The number of urea groups is 1. The van der Waals surface area contributed by atoms with E-state index in [0.717, 1.165) is 0 Å². The highest BCUT2D eigenvalue weighted by atomic mass is 16.2. The lowest BCUT2D eigenvalue weighted by molar-refractivity contribution is 0.182. The molecule has 9 nitrogen and oxygen atoms in total. The molecule has 1 rings (SSSR count). The second-order valence-electron chi connectivity index (χ2n) is 5.51. The maximum atomic E-state index is 12.1. The van der Waals surface area contributed by atoms with E-state index in [0.29, 0.717) is 52.4 Å². The summed E-state index contributed by atoms with van der Waals surface area (Å²) in [6, 6.07) is 6.17. The number of nitrogens with zero attached hydrogens (tertiary/aromatic N) is 7. The number of hydrogen-bond donors (Lipinski definition) is 1. The van der Waals surface area contributed by atoms with Gasteiger partial charge in [-0.05, 0) is 0 Å². The molecule has 0 atom stereocenters. The molecule has 0 aromatic carbocycles. The van der Waals surface area contributed by atoms with Crippen LogP contribution in [0.15, 0.2) is 0 Å². The first-order valence-electron chi connectivity index (χ1n) is 7.95. The third-order valence-corrected chi connectivity index (χ3v) is 3.88. The average molecular weight is 332 g/mol. The van der Waals surface area contributed by atoms with E-state index in [2.05, 4.69) is 6.07 Å². The zero-order chi connectivity index (χ0) is 17.8. The van der Waals surface area contributed by atoms with E-state index < -0.39 is 0 Å². The highest BCUT2D eigenvalue weighted by Gasteiger charge is 2.27. The van der Waals surface area contributed by atoms with Crippen molar-refractivity contribution < 1.29 is 4.79 Å². The number of nitriles is 3. The fourth-order valence-corrected chi connectivity index (χ4v) is 2.53. The van der Waals surface area contributed by atoms with Crippen molar-refractivity contribution in [1.82, 2.24) is 19.6 Å². The molecule has 9 heteroatoms. The summed E-state index contributed by atoms with van der Waals surface area (Å²) < 4.78 is 0. The second-order valence-corrected chi connectivity index (χ2v) is 5.51. The van der Waals surface area contributed by atoms with Crippen LogP contribution in [0.25, 0.3) is 0 Å². The van der Waals surface area contributed by atoms with Crippen LogP contribution >= 0.6 is 0 Å². The topological polar surface area (TPSA) is 127 Å². The normalized spacial score (nSPS) is 14.1. The molecular formula is C15H24N8O. The molecule has 0 spiro atoms. The zero-order valence-corrected chi connectivity index (χ0v) is 13.9. The Bertz CT molecular complexity index is 501. The van der Waals surface area contributed by atoms with Crippen LogP contribution in [0.3, 0.4) is 0 Å². The van der Waals surface area contributed by atoms with Gasteiger partial charge in [0.2, 0.25) is 0 Å². The van der Waals surface area contributed by atoms with E-state index in [4.69, 9.17) is 21.5 Å². The van der Waals surface area contributed by atoms with Gasteiger partial charge in [0.15, 0.2) is 0 Å². The fraction of sp³-hybridized carbons (Fsp3) is 0.733. The lowest BCUT2D eigenvalue weighted by Crippen LogP contribution is -2.41. The van der Waals surface area contributed by atoms with Gasteiger partial charge in [-0.15, -0.1) is 0 Å². The standard InChI is InChI=1S/C15H24N8O/c16-1-5-20(6-2-17)9-10-21(7-3-18)11-12-23-14-13-22(8-4-19)15(23)24/h4-14,19H2. The van der Waals surface area contributed by atoms with Crippen LogP contribution in [0.4, 0.5) is 4.79 Å². The van der Waals surface area contributed by atoms with Crippen molar-refractivity contribution in [3.63, 3.8) is 0 Å². The Hall–Kier alpha value is -2.38. The van der Waals surface area contributed by atoms with Gasteiger partial charge in [-0.2, -0.15) is 15.8 Å². The van der Waals surface area contributed by atoms with Gasteiger partial charge in [-0.25, -0.2) is 4.79 Å². The number of hydrogen-bond acceptors (Lipinski definition) is 7. The van der Waals surface area contributed by atoms with E-state index >= 15 is 0 Å². The molecule has 1 saturated heterocycles. The summed E-state index contributed by atoms with van der Waals surface area (Å²) >= 11 is 0. The quantitative estimate of drug-likeness (QED) is 0.473. The molecular weight excluding hydrogens is 308 g/mol. The van der Waals surface area contributed by atoms with E-state index in [9.17, 15) is 4.79 Å². The minimum absolute atomic E-state index is 0.00653. The maximum absolute atomic E-state index is 12.1. The minimum atomic E-state index is -0.00653. The van der Waals surface area contributed by atoms with Crippen molar-refractivity contribution in [1.29, 1.82) is 15.8 Å². The van der Waals surface area contributed by atoms with Gasteiger partial charge in [0.25, 0.3) is 0 Å². The molecule has 0 aromatic heterocycles. The number of amides is 2. The van der Waals surface area contributed by atoms with Gasteiger partial charge in [0.1, 0.15) is 0 Å². The number of carbonyl (C=O) groups excluding carboxylic acids is 1. The molecule has 1 aliphatic rings. The van der Waals surface area contributed by atoms with Crippen LogP contribution in [0.1, 0.15) is 0 Å². The molecule has 2 N–H and O–H groups in total. The predicted octanol–water partition coefficient (Wildman–Crippen LogP) is -1.14.